The fraction of sp³-hybridized carbons (Fsp3) is 0.538. The van der Waals surface area contributed by atoms with E-state index in [4.69, 9.17) is 0 Å². The molecule has 0 heterocycles. The fourth-order valence-electron chi connectivity index (χ4n) is 2.05. The van der Waals surface area contributed by atoms with Crippen molar-refractivity contribution in [2.75, 3.05) is 18.5 Å². The lowest BCUT2D eigenvalue weighted by atomic mass is 10.1. The molecular weight excluding hydrogens is 205 g/mol. The first-order valence-electron chi connectivity index (χ1n) is 5.77. The van der Waals surface area contributed by atoms with Crippen LogP contribution in [0.1, 0.15) is 31.4 Å². The first-order chi connectivity index (χ1) is 7.59. The molecule has 1 aromatic carbocycles. The third kappa shape index (κ3) is 2.35. The minimum Gasteiger partial charge on any atom is -0.389 e. The molecule has 1 atom stereocenters. The Morgan fingerprint density at radius 2 is 2.19 bits per heavy atom. The van der Waals surface area contributed by atoms with Crippen molar-refractivity contribution in [1.29, 1.82) is 0 Å². The lowest BCUT2D eigenvalue weighted by Gasteiger charge is -2.24. The number of rotatable bonds is 4. The van der Waals surface area contributed by atoms with Gasteiger partial charge in [0.2, 0.25) is 0 Å². The standard InChI is InChI=1S/C13H18FNO/c1-9(16)11-4-3-5-12(14)13(11)15(2)8-10-6-7-10/h3-5,9-10,16H,6-8H2,1-2H3/t9-/m0/s1. The minimum absolute atomic E-state index is 0.249. The molecule has 1 aliphatic rings. The lowest BCUT2D eigenvalue weighted by Crippen LogP contribution is -2.23. The van der Waals surface area contributed by atoms with Gasteiger partial charge in [-0.2, -0.15) is 0 Å². The summed E-state index contributed by atoms with van der Waals surface area (Å²) in [6, 6.07) is 4.88. The molecule has 88 valence electrons. The van der Waals surface area contributed by atoms with E-state index in [1.54, 1.807) is 19.1 Å². The summed E-state index contributed by atoms with van der Waals surface area (Å²) in [4.78, 5) is 1.93. The Kier molecular flexibility index (Phi) is 3.15. The van der Waals surface area contributed by atoms with Crippen LogP contribution in [0.2, 0.25) is 0 Å². The van der Waals surface area contributed by atoms with E-state index in [1.807, 2.05) is 11.9 Å². The molecule has 0 aliphatic heterocycles. The van der Waals surface area contributed by atoms with Crippen molar-refractivity contribution < 1.29 is 9.50 Å². The number of hydrogen-bond acceptors (Lipinski definition) is 2. The Morgan fingerprint density at radius 3 is 2.75 bits per heavy atom. The Bertz CT molecular complexity index is 374. The van der Waals surface area contributed by atoms with Gasteiger partial charge in [0.15, 0.2) is 0 Å². The van der Waals surface area contributed by atoms with Crippen molar-refractivity contribution in [2.45, 2.75) is 25.9 Å². The van der Waals surface area contributed by atoms with E-state index in [-0.39, 0.29) is 5.82 Å². The number of aliphatic hydroxyl groups excluding tert-OH is 1. The zero-order valence-corrected chi connectivity index (χ0v) is 9.78. The van der Waals surface area contributed by atoms with Gasteiger partial charge in [-0.3, -0.25) is 0 Å². The summed E-state index contributed by atoms with van der Waals surface area (Å²) in [7, 11) is 1.89. The van der Waals surface area contributed by atoms with Crippen LogP contribution in [-0.4, -0.2) is 18.7 Å². The number of benzene rings is 1. The highest BCUT2D eigenvalue weighted by Gasteiger charge is 2.25. The second-order valence-electron chi connectivity index (χ2n) is 4.68. The third-order valence-electron chi connectivity index (χ3n) is 3.08. The highest BCUT2D eigenvalue weighted by Crippen LogP contribution is 2.34. The molecule has 0 unspecified atom stereocenters. The fourth-order valence-corrected chi connectivity index (χ4v) is 2.05. The van der Waals surface area contributed by atoms with Gasteiger partial charge in [-0.15, -0.1) is 0 Å². The smallest absolute Gasteiger partial charge is 0.146 e. The number of halogens is 1. The van der Waals surface area contributed by atoms with E-state index in [9.17, 15) is 9.50 Å². The quantitative estimate of drug-likeness (QED) is 0.848. The topological polar surface area (TPSA) is 23.5 Å². The molecule has 1 N–H and O–H groups in total. The highest BCUT2D eigenvalue weighted by atomic mass is 19.1. The van der Waals surface area contributed by atoms with E-state index in [2.05, 4.69) is 0 Å². The minimum atomic E-state index is -0.632. The van der Waals surface area contributed by atoms with Crippen LogP contribution in [-0.2, 0) is 0 Å². The predicted octanol–water partition coefficient (Wildman–Crippen LogP) is 2.73. The third-order valence-corrected chi connectivity index (χ3v) is 3.08. The zero-order valence-electron chi connectivity index (χ0n) is 9.78. The zero-order chi connectivity index (χ0) is 11.7. The molecule has 1 aliphatic carbocycles. The second-order valence-corrected chi connectivity index (χ2v) is 4.68. The molecule has 0 aromatic heterocycles. The number of nitrogens with zero attached hydrogens (tertiary/aromatic N) is 1. The van der Waals surface area contributed by atoms with Crippen LogP contribution in [0.15, 0.2) is 18.2 Å². The van der Waals surface area contributed by atoms with Crippen LogP contribution in [0.3, 0.4) is 0 Å². The van der Waals surface area contributed by atoms with Crippen molar-refractivity contribution in [3.8, 4) is 0 Å². The summed E-state index contributed by atoms with van der Waals surface area (Å²) in [5.74, 6) is 0.452. The Morgan fingerprint density at radius 1 is 1.50 bits per heavy atom. The molecule has 1 saturated carbocycles. The first kappa shape index (κ1) is 11.4. The van der Waals surface area contributed by atoms with Crippen LogP contribution in [0.4, 0.5) is 10.1 Å². The normalized spacial score (nSPS) is 17.2. The lowest BCUT2D eigenvalue weighted by molar-refractivity contribution is 0.199. The van der Waals surface area contributed by atoms with Gasteiger partial charge < -0.3 is 10.0 Å². The molecule has 0 saturated heterocycles. The average molecular weight is 223 g/mol. The molecule has 0 radical (unpaired) electrons. The van der Waals surface area contributed by atoms with Crippen LogP contribution in [0, 0.1) is 11.7 Å². The maximum absolute atomic E-state index is 13.8. The predicted molar refractivity (Wildman–Crippen MR) is 63.0 cm³/mol. The number of aliphatic hydroxyl groups is 1. The molecule has 3 heteroatoms. The van der Waals surface area contributed by atoms with Crippen LogP contribution in [0.25, 0.3) is 0 Å². The van der Waals surface area contributed by atoms with Gasteiger partial charge in [0, 0.05) is 19.2 Å². The Balaban J connectivity index is 2.28. The second kappa shape index (κ2) is 4.42. The van der Waals surface area contributed by atoms with Crippen molar-refractivity contribution in [1.82, 2.24) is 0 Å². The monoisotopic (exact) mass is 223 g/mol. The molecular formula is C13H18FNO. The molecule has 0 amide bonds. The molecule has 0 bridgehead atoms. The average Bonchev–Trinajstić information content (AvgIpc) is 3.00. The summed E-state index contributed by atoms with van der Waals surface area (Å²) in [5.41, 5.74) is 1.22. The van der Waals surface area contributed by atoms with Crippen LogP contribution < -0.4 is 4.90 Å². The molecule has 2 rings (SSSR count). The molecule has 16 heavy (non-hydrogen) atoms. The number of hydrogen-bond donors (Lipinski definition) is 1. The molecule has 1 fully saturated rings. The Hall–Kier alpha value is -1.09. The SMILES string of the molecule is C[C@H](O)c1cccc(F)c1N(C)CC1CC1. The van der Waals surface area contributed by atoms with E-state index >= 15 is 0 Å². The molecule has 1 aromatic rings. The van der Waals surface area contributed by atoms with E-state index < -0.39 is 6.10 Å². The maximum Gasteiger partial charge on any atom is 0.146 e. The van der Waals surface area contributed by atoms with Crippen molar-refractivity contribution in [2.24, 2.45) is 5.92 Å². The number of para-hydroxylation sites is 1. The molecule has 2 nitrogen and oxygen atoms in total. The molecule has 0 spiro atoms. The van der Waals surface area contributed by atoms with Crippen LogP contribution >= 0.6 is 0 Å². The van der Waals surface area contributed by atoms with Gasteiger partial charge in [0.25, 0.3) is 0 Å². The highest BCUT2D eigenvalue weighted by molar-refractivity contribution is 5.55. The first-order valence-corrected chi connectivity index (χ1v) is 5.77. The van der Waals surface area contributed by atoms with Gasteiger partial charge in [0.05, 0.1) is 11.8 Å². The van der Waals surface area contributed by atoms with Crippen LogP contribution in [0.5, 0.6) is 0 Å². The largest absolute Gasteiger partial charge is 0.389 e. The van der Waals surface area contributed by atoms with Gasteiger partial charge in [-0.05, 0) is 31.7 Å². The summed E-state index contributed by atoms with van der Waals surface area (Å²) in [6.45, 7) is 2.55. The summed E-state index contributed by atoms with van der Waals surface area (Å²) in [6.07, 6.45) is 1.85. The number of anilines is 1. The van der Waals surface area contributed by atoms with Gasteiger partial charge >= 0.3 is 0 Å². The Labute approximate surface area is 95.7 Å². The maximum atomic E-state index is 13.8. The van der Waals surface area contributed by atoms with E-state index in [0.29, 0.717) is 17.2 Å². The van der Waals surface area contributed by atoms with Gasteiger partial charge in [-0.1, -0.05) is 12.1 Å². The van der Waals surface area contributed by atoms with Crippen molar-refractivity contribution in [3.05, 3.63) is 29.6 Å². The van der Waals surface area contributed by atoms with Gasteiger partial charge in [-0.25, -0.2) is 4.39 Å². The van der Waals surface area contributed by atoms with E-state index in [1.165, 1.54) is 18.9 Å². The summed E-state index contributed by atoms with van der Waals surface area (Å²) < 4.78 is 13.8. The summed E-state index contributed by atoms with van der Waals surface area (Å²) >= 11 is 0. The summed E-state index contributed by atoms with van der Waals surface area (Å²) in [5, 5.41) is 9.63. The van der Waals surface area contributed by atoms with E-state index in [0.717, 1.165) is 6.54 Å². The van der Waals surface area contributed by atoms with Crippen molar-refractivity contribution >= 4 is 5.69 Å². The van der Waals surface area contributed by atoms with Crippen molar-refractivity contribution in [3.63, 3.8) is 0 Å². The van der Waals surface area contributed by atoms with Gasteiger partial charge in [0.1, 0.15) is 5.82 Å².